The number of nitrogens with zero attached hydrogens (tertiary/aromatic N) is 1. The molecule has 0 fully saturated rings. The van der Waals surface area contributed by atoms with Crippen LogP contribution in [0, 0.1) is 13.8 Å². The molecule has 0 aliphatic rings. The molecule has 1 amide bonds. The zero-order valence-electron chi connectivity index (χ0n) is 19.5. The van der Waals surface area contributed by atoms with Crippen molar-refractivity contribution in [3.63, 3.8) is 0 Å². The summed E-state index contributed by atoms with van der Waals surface area (Å²) in [5.74, 6) is 0.874. The van der Waals surface area contributed by atoms with Crippen molar-refractivity contribution in [3.05, 3.63) is 114 Å². The minimum atomic E-state index is -3.97. The molecule has 0 saturated carbocycles. The summed E-state index contributed by atoms with van der Waals surface area (Å²) in [4.78, 5) is 13.1. The second kappa shape index (κ2) is 10.4. The fourth-order valence-electron chi connectivity index (χ4n) is 3.67. The Morgan fingerprint density at radius 3 is 2.03 bits per heavy atom. The molecule has 4 aromatic rings. The number of hydrogen-bond acceptors (Lipinski definition) is 4. The molecular weight excluding hydrogens is 460 g/mol. The Bertz CT molecular complexity index is 1400. The first-order chi connectivity index (χ1) is 16.8. The van der Waals surface area contributed by atoms with E-state index >= 15 is 0 Å². The van der Waals surface area contributed by atoms with Crippen molar-refractivity contribution >= 4 is 27.3 Å². The predicted octanol–water partition coefficient (Wildman–Crippen LogP) is 5.93. The number of rotatable bonds is 8. The summed E-state index contributed by atoms with van der Waals surface area (Å²) in [6.07, 6.45) is 0. The summed E-state index contributed by atoms with van der Waals surface area (Å²) in [6, 6.07) is 29.9. The lowest BCUT2D eigenvalue weighted by Gasteiger charge is -2.26. The van der Waals surface area contributed by atoms with Gasteiger partial charge in [0.15, 0.2) is 0 Å². The lowest BCUT2D eigenvalue weighted by atomic mass is 10.1. The number of para-hydroxylation sites is 1. The molecule has 7 heteroatoms. The molecule has 0 saturated heterocycles. The number of anilines is 2. The van der Waals surface area contributed by atoms with Gasteiger partial charge in [0.2, 0.25) is 5.91 Å². The molecule has 0 bridgehead atoms. The third-order valence-corrected chi connectivity index (χ3v) is 7.13. The average Bonchev–Trinajstić information content (AvgIpc) is 2.85. The van der Waals surface area contributed by atoms with Crippen LogP contribution in [0.3, 0.4) is 0 Å². The zero-order valence-corrected chi connectivity index (χ0v) is 20.3. The van der Waals surface area contributed by atoms with Crippen molar-refractivity contribution in [2.75, 3.05) is 16.2 Å². The number of sulfonamides is 1. The van der Waals surface area contributed by atoms with E-state index in [9.17, 15) is 13.2 Å². The highest BCUT2D eigenvalue weighted by Crippen LogP contribution is 2.28. The van der Waals surface area contributed by atoms with Crippen molar-refractivity contribution in [2.45, 2.75) is 18.7 Å². The van der Waals surface area contributed by atoms with Gasteiger partial charge in [0.05, 0.1) is 10.6 Å². The van der Waals surface area contributed by atoms with Gasteiger partial charge in [-0.3, -0.25) is 9.10 Å². The van der Waals surface area contributed by atoms with Crippen molar-refractivity contribution in [1.29, 1.82) is 0 Å². The van der Waals surface area contributed by atoms with Gasteiger partial charge in [0.25, 0.3) is 10.0 Å². The normalized spacial score (nSPS) is 11.0. The molecule has 178 valence electrons. The standard InChI is InChI=1S/C28H26N2O4S/c1-21-13-18-27(22(2)19-21)30(35(32,33)26-11-7-4-8-12-26)20-28(31)29-23-14-16-25(17-15-23)34-24-9-5-3-6-10-24/h3-19H,20H2,1-2H3,(H,29,31). The van der Waals surface area contributed by atoms with E-state index in [0.29, 0.717) is 22.9 Å². The summed E-state index contributed by atoms with van der Waals surface area (Å²) in [5, 5.41) is 2.79. The van der Waals surface area contributed by atoms with Crippen LogP contribution in [0.1, 0.15) is 11.1 Å². The van der Waals surface area contributed by atoms with Gasteiger partial charge >= 0.3 is 0 Å². The first-order valence-electron chi connectivity index (χ1n) is 11.1. The summed E-state index contributed by atoms with van der Waals surface area (Å²) < 4.78 is 33.9. The fraction of sp³-hybridized carbons (Fsp3) is 0.107. The summed E-state index contributed by atoms with van der Waals surface area (Å²) in [5.41, 5.74) is 2.76. The second-order valence-corrected chi connectivity index (χ2v) is 9.96. The van der Waals surface area contributed by atoms with E-state index in [-0.39, 0.29) is 11.4 Å². The highest BCUT2D eigenvalue weighted by atomic mass is 32.2. The van der Waals surface area contributed by atoms with Crippen LogP contribution in [0.5, 0.6) is 11.5 Å². The molecule has 0 spiro atoms. The lowest BCUT2D eigenvalue weighted by molar-refractivity contribution is -0.114. The summed E-state index contributed by atoms with van der Waals surface area (Å²) in [6.45, 7) is 3.40. The number of aryl methyl sites for hydroxylation is 2. The maximum atomic E-state index is 13.5. The number of amides is 1. The molecule has 0 aliphatic carbocycles. The van der Waals surface area contributed by atoms with Gasteiger partial charge in [-0.05, 0) is 74.0 Å². The average molecular weight is 487 g/mol. The van der Waals surface area contributed by atoms with Gasteiger partial charge in [0.1, 0.15) is 18.0 Å². The third kappa shape index (κ3) is 5.88. The predicted molar refractivity (Wildman–Crippen MR) is 138 cm³/mol. The molecule has 4 aromatic carbocycles. The van der Waals surface area contributed by atoms with Crippen LogP contribution in [-0.4, -0.2) is 20.9 Å². The van der Waals surface area contributed by atoms with Gasteiger partial charge in [0, 0.05) is 5.69 Å². The molecule has 0 heterocycles. The molecular formula is C28H26N2O4S. The smallest absolute Gasteiger partial charge is 0.264 e. The van der Waals surface area contributed by atoms with Crippen LogP contribution in [-0.2, 0) is 14.8 Å². The van der Waals surface area contributed by atoms with Crippen molar-refractivity contribution in [1.82, 2.24) is 0 Å². The first kappa shape index (κ1) is 24.0. The number of carbonyl (C=O) groups is 1. The van der Waals surface area contributed by atoms with Crippen LogP contribution in [0.25, 0.3) is 0 Å². The quantitative estimate of drug-likeness (QED) is 0.335. The molecule has 4 rings (SSSR count). The number of carbonyl (C=O) groups excluding carboxylic acids is 1. The van der Waals surface area contributed by atoms with Crippen molar-refractivity contribution in [3.8, 4) is 11.5 Å². The number of benzene rings is 4. The number of ether oxygens (including phenoxy) is 1. The molecule has 0 unspecified atom stereocenters. The Balaban J connectivity index is 1.54. The van der Waals surface area contributed by atoms with E-state index in [1.165, 1.54) is 12.1 Å². The maximum Gasteiger partial charge on any atom is 0.264 e. The molecule has 0 atom stereocenters. The molecule has 0 aromatic heterocycles. The van der Waals surface area contributed by atoms with Crippen molar-refractivity contribution in [2.24, 2.45) is 0 Å². The van der Waals surface area contributed by atoms with E-state index in [1.807, 2.05) is 56.3 Å². The molecule has 0 radical (unpaired) electrons. The van der Waals surface area contributed by atoms with Gasteiger partial charge in [-0.15, -0.1) is 0 Å². The number of hydrogen-bond donors (Lipinski definition) is 1. The second-order valence-electron chi connectivity index (χ2n) is 8.10. The molecule has 6 nitrogen and oxygen atoms in total. The molecule has 1 N–H and O–H groups in total. The van der Waals surface area contributed by atoms with Crippen LogP contribution in [0.4, 0.5) is 11.4 Å². The largest absolute Gasteiger partial charge is 0.457 e. The Hall–Kier alpha value is -4.10. The van der Waals surface area contributed by atoms with E-state index < -0.39 is 15.9 Å². The maximum absolute atomic E-state index is 13.5. The lowest BCUT2D eigenvalue weighted by Crippen LogP contribution is -2.38. The van der Waals surface area contributed by atoms with E-state index in [1.54, 1.807) is 48.5 Å². The first-order valence-corrected chi connectivity index (χ1v) is 12.5. The minimum absolute atomic E-state index is 0.121. The van der Waals surface area contributed by atoms with E-state index in [4.69, 9.17) is 4.74 Å². The highest BCUT2D eigenvalue weighted by Gasteiger charge is 2.28. The van der Waals surface area contributed by atoms with Crippen molar-refractivity contribution < 1.29 is 17.9 Å². The Labute approximate surface area is 205 Å². The minimum Gasteiger partial charge on any atom is -0.457 e. The Kier molecular flexibility index (Phi) is 7.17. The SMILES string of the molecule is Cc1ccc(N(CC(=O)Nc2ccc(Oc3ccccc3)cc2)S(=O)(=O)c2ccccc2)c(C)c1. The fourth-order valence-corrected chi connectivity index (χ4v) is 5.17. The van der Waals surface area contributed by atoms with Crippen LogP contribution in [0.15, 0.2) is 108 Å². The van der Waals surface area contributed by atoms with Gasteiger partial charge < -0.3 is 10.1 Å². The topological polar surface area (TPSA) is 75.7 Å². The monoisotopic (exact) mass is 486 g/mol. The van der Waals surface area contributed by atoms with E-state index in [0.717, 1.165) is 15.4 Å². The van der Waals surface area contributed by atoms with Gasteiger partial charge in [-0.2, -0.15) is 0 Å². The Morgan fingerprint density at radius 2 is 1.40 bits per heavy atom. The Morgan fingerprint density at radius 1 is 0.800 bits per heavy atom. The molecule has 0 aliphatic heterocycles. The van der Waals surface area contributed by atoms with Crippen LogP contribution >= 0.6 is 0 Å². The van der Waals surface area contributed by atoms with Gasteiger partial charge in [-0.1, -0.05) is 54.1 Å². The zero-order chi connectivity index (χ0) is 24.8. The van der Waals surface area contributed by atoms with Gasteiger partial charge in [-0.25, -0.2) is 8.42 Å². The highest BCUT2D eigenvalue weighted by molar-refractivity contribution is 7.92. The summed E-state index contributed by atoms with van der Waals surface area (Å²) in [7, 11) is -3.97. The molecule has 35 heavy (non-hydrogen) atoms. The number of nitrogens with one attached hydrogen (secondary N) is 1. The third-order valence-electron chi connectivity index (χ3n) is 5.36. The van der Waals surface area contributed by atoms with Crippen LogP contribution in [0.2, 0.25) is 0 Å². The van der Waals surface area contributed by atoms with E-state index in [2.05, 4.69) is 5.32 Å². The summed E-state index contributed by atoms with van der Waals surface area (Å²) >= 11 is 0. The van der Waals surface area contributed by atoms with Crippen LogP contribution < -0.4 is 14.4 Å².